The van der Waals surface area contributed by atoms with Crippen LogP contribution in [0, 0.1) is 0 Å². The Labute approximate surface area is 200 Å². The molecular formula is C24H29ClN2O5S. The molecule has 0 bridgehead atoms. The van der Waals surface area contributed by atoms with Gasteiger partial charge in [-0.2, -0.15) is 4.31 Å². The second-order valence-corrected chi connectivity index (χ2v) is 10.8. The monoisotopic (exact) mass is 492 g/mol. The van der Waals surface area contributed by atoms with Crippen molar-refractivity contribution in [1.82, 2.24) is 9.21 Å². The molecule has 178 valence electrons. The summed E-state index contributed by atoms with van der Waals surface area (Å²) in [6.45, 7) is 3.71. The highest BCUT2D eigenvalue weighted by atomic mass is 35.5. The van der Waals surface area contributed by atoms with E-state index in [-0.39, 0.29) is 40.0 Å². The third-order valence-electron chi connectivity index (χ3n) is 5.92. The zero-order valence-electron chi connectivity index (χ0n) is 19.0. The lowest BCUT2D eigenvalue weighted by Gasteiger charge is -2.38. The Morgan fingerprint density at radius 1 is 1.09 bits per heavy atom. The Hall–Kier alpha value is -2.42. The number of likely N-dealkylation sites (tertiary alicyclic amines) is 1. The fourth-order valence-electron chi connectivity index (χ4n) is 4.12. The minimum absolute atomic E-state index is 0.0526. The Morgan fingerprint density at radius 2 is 1.73 bits per heavy atom. The molecule has 2 unspecified atom stereocenters. The predicted octanol–water partition coefficient (Wildman–Crippen LogP) is 4.11. The lowest BCUT2D eigenvalue weighted by atomic mass is 9.97. The molecule has 1 amide bonds. The summed E-state index contributed by atoms with van der Waals surface area (Å²) in [7, 11) is -2.41. The Balaban J connectivity index is 1.72. The molecule has 3 rings (SSSR count). The summed E-state index contributed by atoms with van der Waals surface area (Å²) in [4.78, 5) is 27.0. The predicted molar refractivity (Wildman–Crippen MR) is 126 cm³/mol. The molecule has 0 radical (unpaired) electrons. The van der Waals surface area contributed by atoms with E-state index in [4.69, 9.17) is 16.3 Å². The number of sulfonamides is 1. The number of hydrogen-bond donors (Lipinski definition) is 0. The molecule has 1 heterocycles. The highest BCUT2D eigenvalue weighted by Gasteiger charge is 2.30. The van der Waals surface area contributed by atoms with Crippen molar-refractivity contribution >= 4 is 33.5 Å². The molecule has 0 aromatic heterocycles. The lowest BCUT2D eigenvalue weighted by Crippen LogP contribution is -2.49. The molecule has 1 aliphatic heterocycles. The molecule has 0 N–H and O–H groups in total. The maximum atomic E-state index is 13.0. The van der Waals surface area contributed by atoms with E-state index >= 15 is 0 Å². The van der Waals surface area contributed by atoms with Crippen molar-refractivity contribution in [2.24, 2.45) is 0 Å². The number of ether oxygens (including phenoxy) is 1. The van der Waals surface area contributed by atoms with Gasteiger partial charge in [0.05, 0.1) is 15.5 Å². The van der Waals surface area contributed by atoms with Gasteiger partial charge in [0, 0.05) is 25.7 Å². The van der Waals surface area contributed by atoms with Crippen LogP contribution in [-0.2, 0) is 26.1 Å². The van der Waals surface area contributed by atoms with Crippen molar-refractivity contribution in [2.75, 3.05) is 13.7 Å². The standard InChI is InChI=1S/C24H29ClN2O5S/c1-17-8-7-9-18(2)27(17)23(28)16-32-24(29)21-14-20(12-13-22(21)25)33(30,31)26(3)15-19-10-5-4-6-11-19/h4-6,10-14,17-18H,7-9,15-16H2,1-3H3. The number of halogens is 1. The molecule has 33 heavy (non-hydrogen) atoms. The Bertz CT molecular complexity index is 1100. The summed E-state index contributed by atoms with van der Waals surface area (Å²) in [6.07, 6.45) is 2.88. The molecule has 0 saturated carbocycles. The molecule has 2 aromatic carbocycles. The first-order valence-corrected chi connectivity index (χ1v) is 12.7. The van der Waals surface area contributed by atoms with Gasteiger partial charge in [0.2, 0.25) is 10.0 Å². The van der Waals surface area contributed by atoms with Crippen LogP contribution in [0.3, 0.4) is 0 Å². The second kappa shape index (κ2) is 10.7. The maximum absolute atomic E-state index is 13.0. The Morgan fingerprint density at radius 3 is 2.36 bits per heavy atom. The van der Waals surface area contributed by atoms with Crippen LogP contribution in [0.1, 0.15) is 49.0 Å². The highest BCUT2D eigenvalue weighted by molar-refractivity contribution is 7.89. The first kappa shape index (κ1) is 25.2. The van der Waals surface area contributed by atoms with E-state index < -0.39 is 22.6 Å². The minimum Gasteiger partial charge on any atom is -0.452 e. The fourth-order valence-corrected chi connectivity index (χ4v) is 5.50. The number of amides is 1. The van der Waals surface area contributed by atoms with Crippen molar-refractivity contribution in [3.63, 3.8) is 0 Å². The summed E-state index contributed by atoms with van der Waals surface area (Å²) in [5, 5.41) is 0.0526. The van der Waals surface area contributed by atoms with Gasteiger partial charge in [0.1, 0.15) is 0 Å². The average Bonchev–Trinajstić information content (AvgIpc) is 2.78. The van der Waals surface area contributed by atoms with Crippen molar-refractivity contribution in [2.45, 2.75) is 56.6 Å². The smallest absolute Gasteiger partial charge is 0.340 e. The third kappa shape index (κ3) is 5.93. The van der Waals surface area contributed by atoms with E-state index in [2.05, 4.69) is 0 Å². The van der Waals surface area contributed by atoms with Crippen molar-refractivity contribution in [3.8, 4) is 0 Å². The van der Waals surface area contributed by atoms with Crippen molar-refractivity contribution < 1.29 is 22.7 Å². The summed E-state index contributed by atoms with van der Waals surface area (Å²) in [6, 6.07) is 13.2. The molecule has 1 fully saturated rings. The van der Waals surface area contributed by atoms with Gasteiger partial charge in [-0.3, -0.25) is 4.79 Å². The van der Waals surface area contributed by atoms with Crippen LogP contribution in [0.15, 0.2) is 53.4 Å². The van der Waals surface area contributed by atoms with E-state index in [9.17, 15) is 18.0 Å². The van der Waals surface area contributed by atoms with Crippen LogP contribution in [0.2, 0.25) is 5.02 Å². The minimum atomic E-state index is -3.88. The molecule has 2 aromatic rings. The number of rotatable bonds is 7. The van der Waals surface area contributed by atoms with Gasteiger partial charge in [-0.05, 0) is 56.9 Å². The van der Waals surface area contributed by atoms with Crippen LogP contribution < -0.4 is 0 Å². The van der Waals surface area contributed by atoms with Crippen LogP contribution >= 0.6 is 11.6 Å². The summed E-state index contributed by atoms with van der Waals surface area (Å²) < 4.78 is 32.5. The number of esters is 1. The molecular weight excluding hydrogens is 464 g/mol. The van der Waals surface area contributed by atoms with Crippen LogP contribution in [-0.4, -0.2) is 55.2 Å². The number of carbonyl (C=O) groups is 2. The normalized spacial score (nSPS) is 18.9. The molecule has 7 nitrogen and oxygen atoms in total. The van der Waals surface area contributed by atoms with E-state index in [1.54, 1.807) is 4.90 Å². The van der Waals surface area contributed by atoms with E-state index in [1.807, 2.05) is 44.2 Å². The SMILES string of the molecule is CC1CCCC(C)N1C(=O)COC(=O)c1cc(S(=O)(=O)N(C)Cc2ccccc2)ccc1Cl. The van der Waals surface area contributed by atoms with E-state index in [0.717, 1.165) is 24.8 Å². The van der Waals surface area contributed by atoms with Crippen molar-refractivity contribution in [3.05, 3.63) is 64.7 Å². The number of carbonyl (C=O) groups excluding carboxylic acids is 2. The summed E-state index contributed by atoms with van der Waals surface area (Å²) >= 11 is 6.16. The van der Waals surface area contributed by atoms with Gasteiger partial charge in [-0.25, -0.2) is 13.2 Å². The lowest BCUT2D eigenvalue weighted by molar-refractivity contribution is -0.140. The molecule has 1 aliphatic rings. The van der Waals surface area contributed by atoms with Crippen LogP contribution in [0.25, 0.3) is 0 Å². The molecule has 0 spiro atoms. The van der Waals surface area contributed by atoms with E-state index in [0.29, 0.717) is 0 Å². The van der Waals surface area contributed by atoms with Crippen LogP contribution in [0.5, 0.6) is 0 Å². The first-order valence-electron chi connectivity index (χ1n) is 10.9. The van der Waals surface area contributed by atoms with Gasteiger partial charge in [0.15, 0.2) is 6.61 Å². The first-order chi connectivity index (χ1) is 15.6. The molecule has 1 saturated heterocycles. The highest BCUT2D eigenvalue weighted by Crippen LogP contribution is 2.25. The van der Waals surface area contributed by atoms with E-state index in [1.165, 1.54) is 29.6 Å². The van der Waals surface area contributed by atoms with Gasteiger partial charge in [-0.1, -0.05) is 41.9 Å². The zero-order valence-corrected chi connectivity index (χ0v) is 20.6. The summed E-state index contributed by atoms with van der Waals surface area (Å²) in [5.74, 6) is -1.11. The van der Waals surface area contributed by atoms with Crippen LogP contribution in [0.4, 0.5) is 0 Å². The Kier molecular flexibility index (Phi) is 8.15. The fraction of sp³-hybridized carbons (Fsp3) is 0.417. The number of nitrogens with zero attached hydrogens (tertiary/aromatic N) is 2. The van der Waals surface area contributed by atoms with Gasteiger partial charge in [-0.15, -0.1) is 0 Å². The zero-order chi connectivity index (χ0) is 24.2. The van der Waals surface area contributed by atoms with Gasteiger partial charge >= 0.3 is 5.97 Å². The number of hydrogen-bond acceptors (Lipinski definition) is 5. The van der Waals surface area contributed by atoms with Crippen molar-refractivity contribution in [1.29, 1.82) is 0 Å². The summed E-state index contributed by atoms with van der Waals surface area (Å²) in [5.41, 5.74) is 0.732. The average molecular weight is 493 g/mol. The maximum Gasteiger partial charge on any atom is 0.340 e. The van der Waals surface area contributed by atoms with Gasteiger partial charge in [0.25, 0.3) is 5.91 Å². The molecule has 0 aliphatic carbocycles. The number of piperidine rings is 1. The number of benzene rings is 2. The molecule has 2 atom stereocenters. The third-order valence-corrected chi connectivity index (χ3v) is 8.05. The topological polar surface area (TPSA) is 84.0 Å². The quantitative estimate of drug-likeness (QED) is 0.543. The molecule has 9 heteroatoms. The van der Waals surface area contributed by atoms with Gasteiger partial charge < -0.3 is 9.64 Å². The second-order valence-electron chi connectivity index (χ2n) is 8.39. The largest absolute Gasteiger partial charge is 0.452 e.